The molecule has 4 heteroatoms. The van der Waals surface area contributed by atoms with Gasteiger partial charge in [0, 0.05) is 17.9 Å². The van der Waals surface area contributed by atoms with Crippen molar-refractivity contribution in [3.63, 3.8) is 0 Å². The van der Waals surface area contributed by atoms with Gasteiger partial charge in [-0.25, -0.2) is 9.97 Å². The van der Waals surface area contributed by atoms with Crippen molar-refractivity contribution in [2.45, 2.75) is 45.1 Å². The maximum Gasteiger partial charge on any atom is 0.141 e. The second kappa shape index (κ2) is 5.13. The molecule has 4 nitrogen and oxygen atoms in total. The third-order valence-electron chi connectivity index (χ3n) is 3.67. The molecule has 0 amide bonds. The minimum Gasteiger partial charge on any atom is -0.328 e. The molecule has 0 saturated heterocycles. The second-order valence-electron chi connectivity index (χ2n) is 5.38. The van der Waals surface area contributed by atoms with Crippen LogP contribution in [-0.4, -0.2) is 20.6 Å². The number of aryl methyl sites for hydroxylation is 1. The van der Waals surface area contributed by atoms with Crippen LogP contribution < -0.4 is 5.73 Å². The Hall–Kier alpha value is -1.68. The van der Waals surface area contributed by atoms with Gasteiger partial charge in [0.05, 0.1) is 5.69 Å². The van der Waals surface area contributed by atoms with E-state index in [-0.39, 0.29) is 6.04 Å². The number of imidazole rings is 1. The van der Waals surface area contributed by atoms with Gasteiger partial charge in [0.15, 0.2) is 0 Å². The van der Waals surface area contributed by atoms with Gasteiger partial charge < -0.3 is 5.73 Å². The molecule has 0 bridgehead atoms. The Morgan fingerprint density at radius 1 is 1.32 bits per heavy atom. The SMILES string of the molecule is CC(N)Cc1cccnc1-n1cnc2c1CCCC2. The quantitative estimate of drug-likeness (QED) is 0.914. The largest absolute Gasteiger partial charge is 0.328 e. The predicted molar refractivity (Wildman–Crippen MR) is 75.4 cm³/mol. The zero-order valence-electron chi connectivity index (χ0n) is 11.3. The zero-order chi connectivity index (χ0) is 13.2. The lowest BCUT2D eigenvalue weighted by Gasteiger charge is -2.16. The molecule has 1 unspecified atom stereocenters. The molecule has 0 radical (unpaired) electrons. The molecule has 1 atom stereocenters. The van der Waals surface area contributed by atoms with Gasteiger partial charge in [-0.2, -0.15) is 0 Å². The van der Waals surface area contributed by atoms with Crippen molar-refractivity contribution in [1.82, 2.24) is 14.5 Å². The molecule has 19 heavy (non-hydrogen) atoms. The lowest BCUT2D eigenvalue weighted by molar-refractivity contribution is 0.651. The molecule has 2 aromatic rings. The van der Waals surface area contributed by atoms with Gasteiger partial charge in [-0.3, -0.25) is 4.57 Å². The summed E-state index contributed by atoms with van der Waals surface area (Å²) in [5.41, 5.74) is 9.70. The summed E-state index contributed by atoms with van der Waals surface area (Å²) in [6.45, 7) is 2.03. The topological polar surface area (TPSA) is 56.7 Å². The molecular formula is C15H20N4. The van der Waals surface area contributed by atoms with Gasteiger partial charge >= 0.3 is 0 Å². The average Bonchev–Trinajstić information content (AvgIpc) is 2.82. The number of pyridine rings is 1. The molecule has 0 aromatic carbocycles. The van der Waals surface area contributed by atoms with Crippen molar-refractivity contribution in [3.8, 4) is 5.82 Å². The Balaban J connectivity index is 2.04. The lowest BCUT2D eigenvalue weighted by atomic mass is 10.0. The summed E-state index contributed by atoms with van der Waals surface area (Å²) in [7, 11) is 0. The fraction of sp³-hybridized carbons (Fsp3) is 0.467. The summed E-state index contributed by atoms with van der Waals surface area (Å²) in [5, 5.41) is 0. The summed E-state index contributed by atoms with van der Waals surface area (Å²) in [4.78, 5) is 9.09. The molecule has 2 aromatic heterocycles. The number of rotatable bonds is 3. The number of aromatic nitrogens is 3. The predicted octanol–water partition coefficient (Wildman–Crippen LogP) is 2.04. The van der Waals surface area contributed by atoms with Crippen LogP contribution in [0.25, 0.3) is 5.82 Å². The Bertz CT molecular complexity index is 571. The van der Waals surface area contributed by atoms with Crippen molar-refractivity contribution < 1.29 is 0 Å². The first-order valence-electron chi connectivity index (χ1n) is 7.00. The van der Waals surface area contributed by atoms with E-state index in [1.165, 1.54) is 29.8 Å². The van der Waals surface area contributed by atoms with E-state index in [1.54, 1.807) is 0 Å². The lowest BCUT2D eigenvalue weighted by Crippen LogP contribution is -2.19. The highest BCUT2D eigenvalue weighted by Gasteiger charge is 2.18. The summed E-state index contributed by atoms with van der Waals surface area (Å²) in [6.07, 6.45) is 9.29. The minimum atomic E-state index is 0.141. The van der Waals surface area contributed by atoms with E-state index in [9.17, 15) is 0 Å². The van der Waals surface area contributed by atoms with Crippen molar-refractivity contribution in [2.75, 3.05) is 0 Å². The summed E-state index contributed by atoms with van der Waals surface area (Å²) >= 11 is 0. The standard InChI is InChI=1S/C15H20N4/c1-11(16)9-12-5-4-8-17-15(12)19-10-18-13-6-2-3-7-14(13)19/h4-5,8,10-11H,2-3,6-7,9,16H2,1H3. The Morgan fingerprint density at radius 2 is 2.16 bits per heavy atom. The highest BCUT2D eigenvalue weighted by atomic mass is 15.1. The number of hydrogen-bond acceptors (Lipinski definition) is 3. The van der Waals surface area contributed by atoms with E-state index < -0.39 is 0 Å². The van der Waals surface area contributed by atoms with Crippen molar-refractivity contribution in [3.05, 3.63) is 41.6 Å². The smallest absolute Gasteiger partial charge is 0.141 e. The molecule has 0 fully saturated rings. The fourth-order valence-electron chi connectivity index (χ4n) is 2.81. The molecule has 0 spiro atoms. The van der Waals surface area contributed by atoms with Gasteiger partial charge in [0.25, 0.3) is 0 Å². The molecular weight excluding hydrogens is 236 g/mol. The molecule has 1 aliphatic rings. The number of fused-ring (bicyclic) bond motifs is 1. The van der Waals surface area contributed by atoms with E-state index in [1.807, 2.05) is 25.5 Å². The van der Waals surface area contributed by atoms with E-state index in [2.05, 4.69) is 20.6 Å². The van der Waals surface area contributed by atoms with Crippen LogP contribution in [0.3, 0.4) is 0 Å². The number of hydrogen-bond donors (Lipinski definition) is 1. The first-order chi connectivity index (χ1) is 9.25. The molecule has 0 saturated carbocycles. The van der Waals surface area contributed by atoms with E-state index >= 15 is 0 Å². The molecule has 2 N–H and O–H groups in total. The van der Waals surface area contributed by atoms with Gasteiger partial charge in [-0.15, -0.1) is 0 Å². The minimum absolute atomic E-state index is 0.141. The van der Waals surface area contributed by atoms with Gasteiger partial charge in [-0.1, -0.05) is 6.07 Å². The summed E-state index contributed by atoms with van der Waals surface area (Å²) in [5.74, 6) is 0.996. The van der Waals surface area contributed by atoms with Crippen LogP contribution in [0.2, 0.25) is 0 Å². The van der Waals surface area contributed by atoms with Gasteiger partial charge in [0.1, 0.15) is 12.1 Å². The Morgan fingerprint density at radius 3 is 3.00 bits per heavy atom. The molecule has 100 valence electrons. The maximum absolute atomic E-state index is 5.93. The van der Waals surface area contributed by atoms with Crippen LogP contribution in [0.1, 0.15) is 36.7 Å². The first-order valence-corrected chi connectivity index (χ1v) is 7.00. The van der Waals surface area contributed by atoms with Crippen molar-refractivity contribution in [1.29, 1.82) is 0 Å². The maximum atomic E-state index is 5.93. The van der Waals surface area contributed by atoms with Crippen molar-refractivity contribution >= 4 is 0 Å². The normalized spacial score (nSPS) is 16.1. The summed E-state index contributed by atoms with van der Waals surface area (Å²) < 4.78 is 2.16. The van der Waals surface area contributed by atoms with Crippen LogP contribution in [0.5, 0.6) is 0 Å². The van der Waals surface area contributed by atoms with Crippen LogP contribution >= 0.6 is 0 Å². The van der Waals surface area contributed by atoms with Crippen LogP contribution in [0, 0.1) is 0 Å². The van der Waals surface area contributed by atoms with Gasteiger partial charge in [0.2, 0.25) is 0 Å². The molecule has 1 aliphatic carbocycles. The Kier molecular flexibility index (Phi) is 3.34. The highest BCUT2D eigenvalue weighted by Crippen LogP contribution is 2.24. The number of nitrogens with zero attached hydrogens (tertiary/aromatic N) is 3. The summed E-state index contributed by atoms with van der Waals surface area (Å²) in [6, 6.07) is 4.23. The van der Waals surface area contributed by atoms with Crippen LogP contribution in [0.4, 0.5) is 0 Å². The zero-order valence-corrected chi connectivity index (χ0v) is 11.3. The monoisotopic (exact) mass is 256 g/mol. The third-order valence-corrected chi connectivity index (χ3v) is 3.67. The average molecular weight is 256 g/mol. The van der Waals surface area contributed by atoms with Crippen LogP contribution in [0.15, 0.2) is 24.7 Å². The second-order valence-corrected chi connectivity index (χ2v) is 5.38. The first kappa shape index (κ1) is 12.4. The number of nitrogens with two attached hydrogens (primary N) is 1. The molecule has 3 rings (SSSR count). The Labute approximate surface area is 113 Å². The van der Waals surface area contributed by atoms with Crippen molar-refractivity contribution in [2.24, 2.45) is 5.73 Å². The highest BCUT2D eigenvalue weighted by molar-refractivity contribution is 5.37. The van der Waals surface area contributed by atoms with Crippen LogP contribution in [-0.2, 0) is 19.3 Å². The van der Waals surface area contributed by atoms with E-state index in [4.69, 9.17) is 5.73 Å². The van der Waals surface area contributed by atoms with E-state index in [0.717, 1.165) is 25.1 Å². The van der Waals surface area contributed by atoms with Gasteiger partial charge in [-0.05, 0) is 50.7 Å². The molecule has 0 aliphatic heterocycles. The van der Waals surface area contributed by atoms with E-state index in [0.29, 0.717) is 0 Å². The third kappa shape index (κ3) is 2.40. The fourth-order valence-corrected chi connectivity index (χ4v) is 2.81. The molecule has 2 heterocycles.